The molecule has 0 saturated heterocycles. The van der Waals surface area contributed by atoms with Crippen molar-refractivity contribution in [2.75, 3.05) is 6.54 Å². The van der Waals surface area contributed by atoms with Gasteiger partial charge in [0.2, 0.25) is 0 Å². The molecule has 0 aromatic heterocycles. The fourth-order valence-electron chi connectivity index (χ4n) is 1.59. The monoisotopic (exact) mass is 181 g/mol. The highest BCUT2D eigenvalue weighted by molar-refractivity contribution is 4.91. The first-order valence-corrected chi connectivity index (χ1v) is 5.54. The molecule has 1 rings (SSSR count). The Morgan fingerprint density at radius 2 is 2.15 bits per heavy atom. The molecule has 76 valence electrons. The van der Waals surface area contributed by atoms with E-state index in [0.717, 1.165) is 5.92 Å². The lowest BCUT2D eigenvalue weighted by molar-refractivity contribution is 0.327. The Bertz CT molecular complexity index is 170. The van der Waals surface area contributed by atoms with E-state index in [2.05, 4.69) is 38.2 Å². The van der Waals surface area contributed by atoms with Gasteiger partial charge in [-0.1, -0.05) is 19.1 Å². The first-order valence-electron chi connectivity index (χ1n) is 5.54. The Kier molecular flexibility index (Phi) is 3.98. The lowest BCUT2D eigenvalue weighted by Crippen LogP contribution is -2.41. The zero-order chi connectivity index (χ0) is 9.73. The molecule has 0 aromatic rings. The summed E-state index contributed by atoms with van der Waals surface area (Å²) in [5.74, 6) is 0.871. The normalized spacial score (nSPS) is 23.5. The molecule has 0 amide bonds. The third-order valence-electron chi connectivity index (χ3n) is 3.13. The van der Waals surface area contributed by atoms with Crippen molar-refractivity contribution in [3.8, 4) is 0 Å². The van der Waals surface area contributed by atoms with E-state index < -0.39 is 0 Å². The average molecular weight is 181 g/mol. The fraction of sp³-hybridized carbons (Fsp3) is 0.833. The summed E-state index contributed by atoms with van der Waals surface area (Å²) in [4.78, 5) is 0. The number of allylic oxidation sites excluding steroid dienone is 2. The zero-order valence-corrected chi connectivity index (χ0v) is 9.27. The summed E-state index contributed by atoms with van der Waals surface area (Å²) in [5, 5.41) is 3.64. The highest BCUT2D eigenvalue weighted by Crippen LogP contribution is 2.18. The van der Waals surface area contributed by atoms with Crippen LogP contribution in [0.5, 0.6) is 0 Å². The summed E-state index contributed by atoms with van der Waals surface area (Å²) in [7, 11) is 0. The van der Waals surface area contributed by atoms with Gasteiger partial charge in [-0.3, -0.25) is 0 Å². The van der Waals surface area contributed by atoms with Crippen LogP contribution in [-0.2, 0) is 0 Å². The summed E-state index contributed by atoms with van der Waals surface area (Å²) < 4.78 is 0. The van der Waals surface area contributed by atoms with Crippen molar-refractivity contribution >= 4 is 0 Å². The molecule has 1 heteroatoms. The molecule has 0 fully saturated rings. The van der Waals surface area contributed by atoms with Crippen LogP contribution in [0.1, 0.15) is 46.5 Å². The molecule has 0 saturated carbocycles. The predicted molar refractivity (Wildman–Crippen MR) is 58.9 cm³/mol. The quantitative estimate of drug-likeness (QED) is 0.657. The van der Waals surface area contributed by atoms with Crippen LogP contribution < -0.4 is 5.32 Å². The molecule has 1 aliphatic rings. The molecule has 0 spiro atoms. The maximum absolute atomic E-state index is 3.64. The van der Waals surface area contributed by atoms with Crippen LogP contribution in [0.15, 0.2) is 12.2 Å². The van der Waals surface area contributed by atoms with Crippen LogP contribution >= 0.6 is 0 Å². The molecule has 1 nitrogen and oxygen atoms in total. The van der Waals surface area contributed by atoms with E-state index in [9.17, 15) is 0 Å². The molecule has 0 aromatic carbocycles. The van der Waals surface area contributed by atoms with Crippen molar-refractivity contribution < 1.29 is 0 Å². The van der Waals surface area contributed by atoms with Gasteiger partial charge in [0.15, 0.2) is 0 Å². The van der Waals surface area contributed by atoms with Gasteiger partial charge in [-0.2, -0.15) is 0 Å². The minimum absolute atomic E-state index is 0.321. The fourth-order valence-corrected chi connectivity index (χ4v) is 1.59. The predicted octanol–water partition coefficient (Wildman–Crippen LogP) is 3.12. The van der Waals surface area contributed by atoms with Gasteiger partial charge in [-0.15, -0.1) is 0 Å². The van der Waals surface area contributed by atoms with E-state index in [1.54, 1.807) is 0 Å². The third-order valence-corrected chi connectivity index (χ3v) is 3.13. The van der Waals surface area contributed by atoms with Gasteiger partial charge in [-0.25, -0.2) is 0 Å². The summed E-state index contributed by atoms with van der Waals surface area (Å²) in [5.41, 5.74) is 0.321. The Hall–Kier alpha value is -0.300. The molecular formula is C12H23N. The Morgan fingerprint density at radius 3 is 2.69 bits per heavy atom. The van der Waals surface area contributed by atoms with E-state index in [1.165, 1.54) is 32.2 Å². The highest BCUT2D eigenvalue weighted by atomic mass is 14.9. The van der Waals surface area contributed by atoms with E-state index in [-0.39, 0.29) is 0 Å². The van der Waals surface area contributed by atoms with Crippen LogP contribution in [0.2, 0.25) is 0 Å². The van der Waals surface area contributed by atoms with Crippen molar-refractivity contribution in [1.82, 2.24) is 5.32 Å². The van der Waals surface area contributed by atoms with Gasteiger partial charge in [-0.05, 0) is 52.0 Å². The molecule has 1 N–H and O–H groups in total. The molecule has 0 bridgehead atoms. The van der Waals surface area contributed by atoms with Gasteiger partial charge in [0, 0.05) is 5.54 Å². The van der Waals surface area contributed by atoms with Crippen LogP contribution in [0.4, 0.5) is 0 Å². The maximum atomic E-state index is 3.64. The van der Waals surface area contributed by atoms with Gasteiger partial charge in [0.05, 0.1) is 0 Å². The Morgan fingerprint density at radius 1 is 1.38 bits per heavy atom. The van der Waals surface area contributed by atoms with Gasteiger partial charge < -0.3 is 5.32 Å². The molecule has 1 unspecified atom stereocenters. The second kappa shape index (κ2) is 4.80. The van der Waals surface area contributed by atoms with Gasteiger partial charge in [0.1, 0.15) is 0 Å². The van der Waals surface area contributed by atoms with E-state index in [1.807, 2.05) is 0 Å². The van der Waals surface area contributed by atoms with Crippen molar-refractivity contribution in [3.63, 3.8) is 0 Å². The topological polar surface area (TPSA) is 12.0 Å². The lowest BCUT2D eigenvalue weighted by atomic mass is 9.92. The summed E-state index contributed by atoms with van der Waals surface area (Å²) in [6, 6.07) is 0. The maximum Gasteiger partial charge on any atom is 0.0122 e. The first kappa shape index (κ1) is 10.8. The van der Waals surface area contributed by atoms with Crippen molar-refractivity contribution in [2.45, 2.75) is 52.0 Å². The van der Waals surface area contributed by atoms with E-state index in [0.29, 0.717) is 5.54 Å². The molecule has 1 aliphatic carbocycles. The number of hydrogen-bond donors (Lipinski definition) is 1. The van der Waals surface area contributed by atoms with Crippen molar-refractivity contribution in [1.29, 1.82) is 0 Å². The smallest absolute Gasteiger partial charge is 0.0122 e. The molecular weight excluding hydrogens is 158 g/mol. The van der Waals surface area contributed by atoms with Crippen molar-refractivity contribution in [3.05, 3.63) is 12.2 Å². The number of hydrogen-bond acceptors (Lipinski definition) is 1. The number of rotatable bonds is 4. The Labute approximate surface area is 82.6 Å². The molecule has 0 radical (unpaired) electrons. The van der Waals surface area contributed by atoms with E-state index in [4.69, 9.17) is 0 Å². The second-order valence-corrected chi connectivity index (χ2v) is 4.77. The van der Waals surface area contributed by atoms with Gasteiger partial charge >= 0.3 is 0 Å². The standard InChI is InChI=1S/C12H23N/c1-4-12(2,3)13-10-11-8-6-5-7-9-11/h5-6,11,13H,4,7-10H2,1-3H3. The molecule has 0 aliphatic heterocycles. The molecule has 1 atom stereocenters. The largest absolute Gasteiger partial charge is 0.312 e. The number of nitrogens with one attached hydrogen (secondary N) is 1. The third kappa shape index (κ3) is 3.95. The van der Waals surface area contributed by atoms with Crippen LogP contribution in [0.25, 0.3) is 0 Å². The summed E-state index contributed by atoms with van der Waals surface area (Å²) >= 11 is 0. The molecule has 13 heavy (non-hydrogen) atoms. The summed E-state index contributed by atoms with van der Waals surface area (Å²) in [6.45, 7) is 8.00. The van der Waals surface area contributed by atoms with Crippen molar-refractivity contribution in [2.24, 2.45) is 5.92 Å². The zero-order valence-electron chi connectivity index (χ0n) is 9.27. The average Bonchev–Trinajstić information content (AvgIpc) is 2.17. The van der Waals surface area contributed by atoms with Crippen LogP contribution in [0.3, 0.4) is 0 Å². The lowest BCUT2D eigenvalue weighted by Gasteiger charge is -2.28. The highest BCUT2D eigenvalue weighted by Gasteiger charge is 2.16. The van der Waals surface area contributed by atoms with Crippen LogP contribution in [0, 0.1) is 5.92 Å². The summed E-state index contributed by atoms with van der Waals surface area (Å²) in [6.07, 6.45) is 9.75. The second-order valence-electron chi connectivity index (χ2n) is 4.77. The van der Waals surface area contributed by atoms with Crippen LogP contribution in [-0.4, -0.2) is 12.1 Å². The van der Waals surface area contributed by atoms with Gasteiger partial charge in [0.25, 0.3) is 0 Å². The minimum atomic E-state index is 0.321. The Balaban J connectivity index is 2.22. The van der Waals surface area contributed by atoms with E-state index >= 15 is 0 Å². The molecule has 0 heterocycles. The first-order chi connectivity index (χ1) is 6.14. The minimum Gasteiger partial charge on any atom is -0.312 e. The SMILES string of the molecule is CCC(C)(C)NCC1CC=CCC1.